The molecule has 0 saturated carbocycles. The maximum Gasteiger partial charge on any atom is 0.286 e. The molecule has 0 radical (unpaired) electrons. The van der Waals surface area contributed by atoms with Crippen molar-refractivity contribution in [1.29, 1.82) is 0 Å². The highest BCUT2D eigenvalue weighted by Crippen LogP contribution is 2.26. The smallest absolute Gasteiger partial charge is 0.286 e. The van der Waals surface area contributed by atoms with Crippen molar-refractivity contribution in [3.63, 3.8) is 0 Å². The average Bonchev–Trinajstić information content (AvgIpc) is 3.13. The van der Waals surface area contributed by atoms with Gasteiger partial charge in [0.05, 0.1) is 6.54 Å². The third kappa shape index (κ3) is 4.81. The van der Waals surface area contributed by atoms with Crippen molar-refractivity contribution in [3.8, 4) is 0 Å². The zero-order valence-electron chi connectivity index (χ0n) is 15.4. The summed E-state index contributed by atoms with van der Waals surface area (Å²) < 4.78 is 33.9. The Balaban J connectivity index is 2.06. The topological polar surface area (TPSA) is 94.9 Å². The fourth-order valence-electron chi connectivity index (χ4n) is 3.07. The van der Waals surface area contributed by atoms with E-state index in [9.17, 15) is 13.2 Å². The number of furan rings is 1. The molecule has 0 unspecified atom stereocenters. The van der Waals surface area contributed by atoms with E-state index in [1.807, 2.05) is 0 Å². The quantitative estimate of drug-likeness (QED) is 0.726. The Morgan fingerprint density at radius 3 is 2.60 bits per heavy atom. The van der Waals surface area contributed by atoms with Gasteiger partial charge in [-0.3, -0.25) is 9.69 Å². The Labute approximate surface area is 149 Å². The maximum atomic E-state index is 12.2. The minimum Gasteiger partial charge on any atom is -0.455 e. The van der Waals surface area contributed by atoms with Crippen LogP contribution in [0.2, 0.25) is 0 Å². The third-order valence-electron chi connectivity index (χ3n) is 4.57. The van der Waals surface area contributed by atoms with Gasteiger partial charge in [0.1, 0.15) is 5.76 Å². The Hall–Kier alpha value is -1.42. The first kappa shape index (κ1) is 19.9. The van der Waals surface area contributed by atoms with Crippen molar-refractivity contribution in [2.45, 2.75) is 26.4 Å². The van der Waals surface area contributed by atoms with E-state index in [1.54, 1.807) is 19.2 Å². The molecule has 1 fully saturated rings. The van der Waals surface area contributed by atoms with E-state index < -0.39 is 10.2 Å². The standard InChI is InChI=1S/C16H28N4O4S/c1-11(2)13-9-20(10-14(13)18-25(22,23)19(4)5)8-12-6-7-15(24-12)16(21)17-3/h6-7,11,13-14,18H,8-10H2,1-5H3,(H,17,21)/t13-,14+/m1/s1. The van der Waals surface area contributed by atoms with Crippen LogP contribution in [0.15, 0.2) is 16.5 Å². The number of likely N-dealkylation sites (tertiary alicyclic amines) is 1. The van der Waals surface area contributed by atoms with Crippen molar-refractivity contribution < 1.29 is 17.6 Å². The summed E-state index contributed by atoms with van der Waals surface area (Å²) in [6.07, 6.45) is 0. The Morgan fingerprint density at radius 1 is 1.36 bits per heavy atom. The second-order valence-corrected chi connectivity index (χ2v) is 8.87. The molecule has 9 heteroatoms. The van der Waals surface area contributed by atoms with E-state index in [0.717, 1.165) is 6.54 Å². The first-order chi connectivity index (χ1) is 11.6. The molecule has 1 aliphatic rings. The maximum absolute atomic E-state index is 12.2. The molecule has 0 aromatic carbocycles. The van der Waals surface area contributed by atoms with Gasteiger partial charge in [-0.2, -0.15) is 17.4 Å². The van der Waals surface area contributed by atoms with Crippen LogP contribution in [0.1, 0.15) is 30.2 Å². The normalized spacial score (nSPS) is 22.0. The number of hydrogen-bond donors (Lipinski definition) is 2. The fraction of sp³-hybridized carbons (Fsp3) is 0.688. The van der Waals surface area contributed by atoms with Crippen molar-refractivity contribution in [3.05, 3.63) is 23.7 Å². The lowest BCUT2D eigenvalue weighted by Crippen LogP contribution is -2.46. The lowest BCUT2D eigenvalue weighted by Gasteiger charge is -2.24. The highest BCUT2D eigenvalue weighted by Gasteiger charge is 2.37. The van der Waals surface area contributed by atoms with Crippen LogP contribution >= 0.6 is 0 Å². The van der Waals surface area contributed by atoms with Crippen LogP contribution in [0.4, 0.5) is 0 Å². The summed E-state index contributed by atoms with van der Waals surface area (Å²) in [5.74, 6) is 1.27. The molecule has 2 heterocycles. The highest BCUT2D eigenvalue weighted by atomic mass is 32.2. The molecule has 142 valence electrons. The van der Waals surface area contributed by atoms with Gasteiger partial charge in [0.25, 0.3) is 16.1 Å². The van der Waals surface area contributed by atoms with Crippen LogP contribution in [0.5, 0.6) is 0 Å². The summed E-state index contributed by atoms with van der Waals surface area (Å²) in [5, 5.41) is 2.53. The summed E-state index contributed by atoms with van der Waals surface area (Å²) in [4.78, 5) is 13.7. The summed E-state index contributed by atoms with van der Waals surface area (Å²) in [5.41, 5.74) is 0. The lowest BCUT2D eigenvalue weighted by atomic mass is 9.92. The first-order valence-corrected chi connectivity index (χ1v) is 9.81. The average molecular weight is 372 g/mol. The van der Waals surface area contributed by atoms with Gasteiger partial charge < -0.3 is 9.73 Å². The zero-order valence-corrected chi connectivity index (χ0v) is 16.3. The molecule has 0 bridgehead atoms. The second kappa shape index (κ2) is 7.86. The van der Waals surface area contributed by atoms with Gasteiger partial charge in [-0.25, -0.2) is 0 Å². The van der Waals surface area contributed by atoms with Gasteiger partial charge in [-0.05, 0) is 24.0 Å². The second-order valence-electron chi connectivity index (χ2n) is 6.96. The van der Waals surface area contributed by atoms with Crippen molar-refractivity contribution >= 4 is 16.1 Å². The summed E-state index contributed by atoms with van der Waals surface area (Å²) >= 11 is 0. The lowest BCUT2D eigenvalue weighted by molar-refractivity contribution is 0.0932. The molecule has 2 rings (SSSR count). The number of carbonyl (C=O) groups is 1. The van der Waals surface area contributed by atoms with Gasteiger partial charge >= 0.3 is 0 Å². The van der Waals surface area contributed by atoms with Gasteiger partial charge in [-0.1, -0.05) is 13.8 Å². The van der Waals surface area contributed by atoms with Crippen LogP contribution in [-0.4, -0.2) is 63.8 Å². The number of amides is 1. The zero-order chi connectivity index (χ0) is 18.8. The van der Waals surface area contributed by atoms with E-state index >= 15 is 0 Å². The van der Waals surface area contributed by atoms with Gasteiger partial charge in [0, 0.05) is 40.3 Å². The van der Waals surface area contributed by atoms with Crippen LogP contribution in [0, 0.1) is 11.8 Å². The van der Waals surface area contributed by atoms with Crippen LogP contribution in [-0.2, 0) is 16.8 Å². The van der Waals surface area contributed by atoms with E-state index in [0.29, 0.717) is 24.8 Å². The largest absolute Gasteiger partial charge is 0.455 e. The molecule has 25 heavy (non-hydrogen) atoms. The Kier molecular flexibility index (Phi) is 6.26. The molecular formula is C16H28N4O4S. The summed E-state index contributed by atoms with van der Waals surface area (Å²) in [7, 11) is 1.11. The number of nitrogens with zero attached hydrogens (tertiary/aromatic N) is 2. The Morgan fingerprint density at radius 2 is 2.04 bits per heavy atom. The van der Waals surface area contributed by atoms with E-state index in [4.69, 9.17) is 4.42 Å². The van der Waals surface area contributed by atoms with E-state index in [1.165, 1.54) is 18.4 Å². The van der Waals surface area contributed by atoms with Gasteiger partial charge in [-0.15, -0.1) is 0 Å². The van der Waals surface area contributed by atoms with E-state index in [-0.39, 0.29) is 23.6 Å². The van der Waals surface area contributed by atoms with Gasteiger partial charge in [0.2, 0.25) is 0 Å². The predicted molar refractivity (Wildman–Crippen MR) is 95.2 cm³/mol. The van der Waals surface area contributed by atoms with Crippen LogP contribution in [0.25, 0.3) is 0 Å². The molecule has 1 aromatic heterocycles. The molecule has 1 saturated heterocycles. The first-order valence-electron chi connectivity index (χ1n) is 8.37. The molecule has 0 spiro atoms. The van der Waals surface area contributed by atoms with Gasteiger partial charge in [0.15, 0.2) is 5.76 Å². The molecule has 0 aliphatic carbocycles. The fourth-order valence-corrected chi connectivity index (χ4v) is 3.91. The number of nitrogens with one attached hydrogen (secondary N) is 2. The summed E-state index contributed by atoms with van der Waals surface area (Å²) in [6.45, 7) is 6.12. The third-order valence-corrected chi connectivity index (χ3v) is 6.13. The molecule has 2 N–H and O–H groups in total. The molecule has 1 amide bonds. The van der Waals surface area contributed by atoms with Crippen LogP contribution in [0.3, 0.4) is 0 Å². The molecule has 8 nitrogen and oxygen atoms in total. The Bertz CT molecular complexity index is 699. The van der Waals surface area contributed by atoms with Crippen molar-refractivity contribution in [1.82, 2.24) is 19.2 Å². The monoisotopic (exact) mass is 372 g/mol. The predicted octanol–water partition coefficient (Wildman–Crippen LogP) is 0.492. The van der Waals surface area contributed by atoms with E-state index in [2.05, 4.69) is 28.8 Å². The number of rotatable bonds is 7. The SMILES string of the molecule is CNC(=O)c1ccc(CN2C[C@H](NS(=O)(=O)N(C)C)[C@@H](C(C)C)C2)o1. The molecule has 1 aliphatic heterocycles. The van der Waals surface area contributed by atoms with Crippen LogP contribution < -0.4 is 10.0 Å². The minimum absolute atomic E-state index is 0.152. The number of carbonyl (C=O) groups excluding carboxylic acids is 1. The molecule has 2 atom stereocenters. The highest BCUT2D eigenvalue weighted by molar-refractivity contribution is 7.87. The molecular weight excluding hydrogens is 344 g/mol. The molecule has 1 aromatic rings. The summed E-state index contributed by atoms with van der Waals surface area (Å²) in [6, 6.07) is 3.28. The minimum atomic E-state index is -3.47. The number of hydrogen-bond acceptors (Lipinski definition) is 5. The van der Waals surface area contributed by atoms with Crippen molar-refractivity contribution in [2.24, 2.45) is 11.8 Å². The van der Waals surface area contributed by atoms with Crippen molar-refractivity contribution in [2.75, 3.05) is 34.2 Å².